The first-order valence-electron chi connectivity index (χ1n) is 6.54. The van der Waals surface area contributed by atoms with Crippen LogP contribution in [0.15, 0.2) is 48.5 Å². The van der Waals surface area contributed by atoms with Gasteiger partial charge < -0.3 is 10.6 Å². The Balaban J connectivity index is 2.23. The zero-order chi connectivity index (χ0) is 16.1. The van der Waals surface area contributed by atoms with E-state index in [1.807, 2.05) is 24.4 Å². The van der Waals surface area contributed by atoms with Crippen molar-refractivity contribution in [1.29, 1.82) is 0 Å². The van der Waals surface area contributed by atoms with Gasteiger partial charge in [0.05, 0.1) is 11.3 Å². The first kappa shape index (κ1) is 15.6. The molecular formula is C16H14F2N2O2. The number of hydrogen-bond acceptors (Lipinski definition) is 2. The van der Waals surface area contributed by atoms with Crippen molar-refractivity contribution in [2.75, 3.05) is 10.6 Å². The van der Waals surface area contributed by atoms with Crippen molar-refractivity contribution in [2.24, 2.45) is 0 Å². The topological polar surface area (TPSA) is 58.2 Å². The zero-order valence-corrected chi connectivity index (χ0v) is 11.8. The van der Waals surface area contributed by atoms with Crippen LogP contribution in [-0.2, 0) is 4.79 Å². The molecule has 0 bridgehead atoms. The van der Waals surface area contributed by atoms with Crippen molar-refractivity contribution in [3.8, 4) is 0 Å². The summed E-state index contributed by atoms with van der Waals surface area (Å²) in [5.74, 6) is -1.93. The molecule has 0 radical (unpaired) electrons. The van der Waals surface area contributed by atoms with Crippen LogP contribution in [0.25, 0.3) is 0 Å². The van der Waals surface area contributed by atoms with Crippen LogP contribution in [0.5, 0.6) is 0 Å². The van der Waals surface area contributed by atoms with Gasteiger partial charge in [-0.15, -0.1) is 0 Å². The maximum atomic E-state index is 12.3. The lowest BCUT2D eigenvalue weighted by molar-refractivity contribution is -0.126. The third kappa shape index (κ3) is 3.66. The number of para-hydroxylation sites is 2. The van der Waals surface area contributed by atoms with Crippen LogP contribution in [0.1, 0.15) is 15.9 Å². The molecule has 4 nitrogen and oxygen atoms in total. The predicted molar refractivity (Wildman–Crippen MR) is 80.2 cm³/mol. The summed E-state index contributed by atoms with van der Waals surface area (Å²) >= 11 is 0. The SMILES string of the molecule is Cc1ccccc1NC(=O)c1ccccc1NC(=O)C(F)F. The molecule has 6 heteroatoms. The third-order valence-corrected chi connectivity index (χ3v) is 3.02. The summed E-state index contributed by atoms with van der Waals surface area (Å²) in [6.07, 6.45) is -3.15. The second kappa shape index (κ2) is 6.80. The maximum absolute atomic E-state index is 12.3. The Bertz CT molecular complexity index is 702. The van der Waals surface area contributed by atoms with Gasteiger partial charge in [0.2, 0.25) is 0 Å². The minimum Gasteiger partial charge on any atom is -0.322 e. The lowest BCUT2D eigenvalue weighted by Gasteiger charge is -2.12. The van der Waals surface area contributed by atoms with Crippen molar-refractivity contribution in [1.82, 2.24) is 0 Å². The van der Waals surface area contributed by atoms with Crippen LogP contribution < -0.4 is 10.6 Å². The molecule has 2 rings (SSSR count). The average Bonchev–Trinajstić information content (AvgIpc) is 2.50. The fraction of sp³-hybridized carbons (Fsp3) is 0.125. The normalized spacial score (nSPS) is 10.4. The van der Waals surface area contributed by atoms with E-state index in [9.17, 15) is 18.4 Å². The Labute approximate surface area is 126 Å². The molecule has 0 spiro atoms. The van der Waals surface area contributed by atoms with Crippen LogP contribution in [0.3, 0.4) is 0 Å². The Morgan fingerprint density at radius 3 is 2.14 bits per heavy atom. The van der Waals surface area contributed by atoms with E-state index in [0.29, 0.717) is 5.69 Å². The number of halogens is 2. The molecule has 0 fully saturated rings. The molecule has 0 saturated carbocycles. The number of alkyl halides is 2. The summed E-state index contributed by atoms with van der Waals surface area (Å²) in [5.41, 5.74) is 1.63. The second-order valence-electron chi connectivity index (χ2n) is 4.60. The number of hydrogen-bond donors (Lipinski definition) is 2. The van der Waals surface area contributed by atoms with Crippen LogP contribution in [-0.4, -0.2) is 18.2 Å². The van der Waals surface area contributed by atoms with Gasteiger partial charge in [0.15, 0.2) is 0 Å². The molecule has 0 unspecified atom stereocenters. The molecule has 114 valence electrons. The van der Waals surface area contributed by atoms with Gasteiger partial charge in [-0.25, -0.2) is 0 Å². The summed E-state index contributed by atoms with van der Waals surface area (Å²) in [4.78, 5) is 23.4. The van der Waals surface area contributed by atoms with E-state index in [1.165, 1.54) is 12.1 Å². The summed E-state index contributed by atoms with van der Waals surface area (Å²) in [6.45, 7) is 1.83. The molecule has 2 aromatic rings. The van der Waals surface area contributed by atoms with Gasteiger partial charge in [-0.2, -0.15) is 8.78 Å². The highest BCUT2D eigenvalue weighted by atomic mass is 19.3. The summed E-state index contributed by atoms with van der Waals surface area (Å²) in [6, 6.07) is 13.2. The van der Waals surface area contributed by atoms with Crippen molar-refractivity contribution < 1.29 is 18.4 Å². The Morgan fingerprint density at radius 2 is 1.50 bits per heavy atom. The van der Waals surface area contributed by atoms with Crippen molar-refractivity contribution >= 4 is 23.2 Å². The Kier molecular flexibility index (Phi) is 4.83. The van der Waals surface area contributed by atoms with Gasteiger partial charge in [-0.05, 0) is 30.7 Å². The monoisotopic (exact) mass is 304 g/mol. The number of rotatable bonds is 4. The molecule has 22 heavy (non-hydrogen) atoms. The highest BCUT2D eigenvalue weighted by molar-refractivity contribution is 6.10. The van der Waals surface area contributed by atoms with Crippen LogP contribution in [0.2, 0.25) is 0 Å². The van der Waals surface area contributed by atoms with E-state index >= 15 is 0 Å². The number of anilines is 2. The second-order valence-corrected chi connectivity index (χ2v) is 4.60. The van der Waals surface area contributed by atoms with E-state index in [2.05, 4.69) is 5.32 Å². The van der Waals surface area contributed by atoms with Gasteiger partial charge in [-0.1, -0.05) is 30.3 Å². The lowest BCUT2D eigenvalue weighted by atomic mass is 10.1. The van der Waals surface area contributed by atoms with Gasteiger partial charge in [0.25, 0.3) is 11.8 Å². The third-order valence-electron chi connectivity index (χ3n) is 3.02. The fourth-order valence-electron chi connectivity index (χ4n) is 1.88. The largest absolute Gasteiger partial charge is 0.322 e. The minimum absolute atomic E-state index is 0.0406. The Hall–Kier alpha value is -2.76. The highest BCUT2D eigenvalue weighted by Gasteiger charge is 2.19. The molecule has 0 aliphatic carbocycles. The molecule has 0 heterocycles. The quantitative estimate of drug-likeness (QED) is 0.909. The highest BCUT2D eigenvalue weighted by Crippen LogP contribution is 2.19. The van der Waals surface area contributed by atoms with Crippen molar-refractivity contribution in [3.05, 3.63) is 59.7 Å². The zero-order valence-electron chi connectivity index (χ0n) is 11.8. The first-order valence-corrected chi connectivity index (χ1v) is 6.54. The number of aryl methyl sites for hydroxylation is 1. The number of amides is 2. The fourth-order valence-corrected chi connectivity index (χ4v) is 1.88. The van der Waals surface area contributed by atoms with Crippen molar-refractivity contribution in [2.45, 2.75) is 13.3 Å². The molecule has 0 aliphatic rings. The summed E-state index contributed by atoms with van der Waals surface area (Å²) in [7, 11) is 0. The molecule has 2 amide bonds. The molecule has 2 aromatic carbocycles. The van der Waals surface area contributed by atoms with E-state index in [4.69, 9.17) is 0 Å². The van der Waals surface area contributed by atoms with Gasteiger partial charge in [-0.3, -0.25) is 9.59 Å². The Morgan fingerprint density at radius 1 is 0.909 bits per heavy atom. The van der Waals surface area contributed by atoms with E-state index in [-0.39, 0.29) is 11.3 Å². The minimum atomic E-state index is -3.15. The van der Waals surface area contributed by atoms with E-state index in [0.717, 1.165) is 5.56 Å². The van der Waals surface area contributed by atoms with E-state index < -0.39 is 18.2 Å². The summed E-state index contributed by atoms with van der Waals surface area (Å²) < 4.78 is 24.7. The van der Waals surface area contributed by atoms with Gasteiger partial charge >= 0.3 is 6.43 Å². The summed E-state index contributed by atoms with van der Waals surface area (Å²) in [5, 5.41) is 4.73. The van der Waals surface area contributed by atoms with Gasteiger partial charge in [0.1, 0.15) is 0 Å². The van der Waals surface area contributed by atoms with Crippen LogP contribution in [0.4, 0.5) is 20.2 Å². The average molecular weight is 304 g/mol. The number of nitrogens with one attached hydrogen (secondary N) is 2. The predicted octanol–water partition coefficient (Wildman–Crippen LogP) is 3.45. The molecule has 0 atom stereocenters. The smallest absolute Gasteiger partial charge is 0.315 e. The standard InChI is InChI=1S/C16H14F2N2O2/c1-10-6-2-4-8-12(10)19-15(21)11-7-3-5-9-13(11)20-16(22)14(17)18/h2-9,14H,1H3,(H,19,21)(H,20,22). The van der Waals surface area contributed by atoms with E-state index in [1.54, 1.807) is 24.3 Å². The molecule has 0 saturated heterocycles. The molecule has 0 aliphatic heterocycles. The van der Waals surface area contributed by atoms with Crippen LogP contribution in [0, 0.1) is 6.92 Å². The van der Waals surface area contributed by atoms with Gasteiger partial charge in [0, 0.05) is 5.69 Å². The molecule has 0 aromatic heterocycles. The maximum Gasteiger partial charge on any atom is 0.315 e. The number of benzene rings is 2. The molecule has 2 N–H and O–H groups in total. The first-order chi connectivity index (χ1) is 10.5. The molecular weight excluding hydrogens is 290 g/mol. The van der Waals surface area contributed by atoms with Crippen LogP contribution >= 0.6 is 0 Å². The number of carbonyl (C=O) groups excluding carboxylic acids is 2. The lowest BCUT2D eigenvalue weighted by Crippen LogP contribution is -2.23. The van der Waals surface area contributed by atoms with Crippen molar-refractivity contribution in [3.63, 3.8) is 0 Å². The number of carbonyl (C=O) groups is 2.